The van der Waals surface area contributed by atoms with Crippen LogP contribution in [0.4, 0.5) is 5.69 Å². The summed E-state index contributed by atoms with van der Waals surface area (Å²) in [4.78, 5) is 30.0. The van der Waals surface area contributed by atoms with E-state index < -0.39 is 4.92 Å². The first kappa shape index (κ1) is 16.4. The Morgan fingerprint density at radius 2 is 2.08 bits per heavy atom. The number of amides is 1. The number of benzene rings is 1. The molecule has 1 amide bonds. The molecule has 1 unspecified atom stereocenters. The first-order valence-electron chi connectivity index (χ1n) is 7.65. The van der Waals surface area contributed by atoms with Gasteiger partial charge in [-0.05, 0) is 48.9 Å². The van der Waals surface area contributed by atoms with E-state index >= 15 is 0 Å². The second kappa shape index (κ2) is 7.00. The van der Waals surface area contributed by atoms with Gasteiger partial charge < -0.3 is 4.90 Å². The molecule has 3 rings (SSSR count). The Morgan fingerprint density at radius 3 is 2.75 bits per heavy atom. The minimum absolute atomic E-state index is 0.000201. The van der Waals surface area contributed by atoms with Crippen molar-refractivity contribution in [1.29, 1.82) is 0 Å². The molecule has 0 saturated carbocycles. The Balaban J connectivity index is 1.91. The smallest absolute Gasteiger partial charge is 0.283 e. The van der Waals surface area contributed by atoms with Crippen molar-refractivity contribution < 1.29 is 9.72 Å². The SMILES string of the molecule is CSc1ccc(C(=O)N2CCCC2c2ccncc2)cc1[N+](=O)[O-]. The van der Waals surface area contributed by atoms with Crippen LogP contribution in [0.15, 0.2) is 47.6 Å². The largest absolute Gasteiger partial charge is 0.332 e. The van der Waals surface area contributed by atoms with E-state index in [0.29, 0.717) is 17.0 Å². The molecule has 0 bridgehead atoms. The van der Waals surface area contributed by atoms with E-state index in [9.17, 15) is 14.9 Å². The third-order valence-electron chi connectivity index (χ3n) is 4.23. The Bertz CT molecular complexity index is 767. The van der Waals surface area contributed by atoms with Crippen molar-refractivity contribution in [3.05, 3.63) is 64.0 Å². The highest BCUT2D eigenvalue weighted by molar-refractivity contribution is 7.98. The van der Waals surface area contributed by atoms with Gasteiger partial charge in [-0.1, -0.05) is 0 Å². The van der Waals surface area contributed by atoms with Gasteiger partial charge in [0.25, 0.3) is 11.6 Å². The molecular weight excluding hydrogens is 326 g/mol. The summed E-state index contributed by atoms with van der Waals surface area (Å²) in [6.07, 6.45) is 7.02. The fourth-order valence-corrected chi connectivity index (χ4v) is 3.62. The number of thioether (sulfide) groups is 1. The summed E-state index contributed by atoms with van der Waals surface area (Å²) in [6, 6.07) is 8.53. The molecule has 24 heavy (non-hydrogen) atoms. The van der Waals surface area contributed by atoms with Crippen LogP contribution in [0.2, 0.25) is 0 Å². The summed E-state index contributed by atoms with van der Waals surface area (Å²) in [6.45, 7) is 0.657. The molecule has 1 saturated heterocycles. The summed E-state index contributed by atoms with van der Waals surface area (Å²) >= 11 is 1.30. The summed E-state index contributed by atoms with van der Waals surface area (Å²) < 4.78 is 0. The maximum atomic E-state index is 12.9. The number of hydrogen-bond donors (Lipinski definition) is 0. The van der Waals surface area contributed by atoms with E-state index in [-0.39, 0.29) is 17.6 Å². The summed E-state index contributed by atoms with van der Waals surface area (Å²) in [5, 5.41) is 11.2. The highest BCUT2D eigenvalue weighted by atomic mass is 32.2. The third kappa shape index (κ3) is 3.12. The van der Waals surface area contributed by atoms with Gasteiger partial charge in [-0.25, -0.2) is 0 Å². The Labute approximate surface area is 144 Å². The number of carbonyl (C=O) groups excluding carboxylic acids is 1. The molecule has 2 aromatic rings. The van der Waals surface area contributed by atoms with Crippen LogP contribution < -0.4 is 0 Å². The molecule has 0 aliphatic carbocycles. The average Bonchev–Trinajstić information content (AvgIpc) is 3.11. The van der Waals surface area contributed by atoms with Crippen LogP contribution in [0.3, 0.4) is 0 Å². The first-order chi connectivity index (χ1) is 11.6. The summed E-state index contributed by atoms with van der Waals surface area (Å²) in [7, 11) is 0. The van der Waals surface area contributed by atoms with Gasteiger partial charge in [0.1, 0.15) is 0 Å². The summed E-state index contributed by atoms with van der Waals surface area (Å²) in [5.41, 5.74) is 1.39. The van der Waals surface area contributed by atoms with Crippen LogP contribution >= 0.6 is 11.8 Å². The zero-order chi connectivity index (χ0) is 17.1. The molecule has 1 aliphatic heterocycles. The number of nitro groups is 1. The molecular formula is C17H17N3O3S. The monoisotopic (exact) mass is 343 g/mol. The summed E-state index contributed by atoms with van der Waals surface area (Å²) in [5.74, 6) is -0.162. The molecule has 124 valence electrons. The van der Waals surface area contributed by atoms with E-state index in [4.69, 9.17) is 0 Å². The molecule has 1 atom stereocenters. The molecule has 1 aromatic heterocycles. The molecule has 0 radical (unpaired) electrons. The Kier molecular flexibility index (Phi) is 4.80. The molecule has 1 fully saturated rings. The van der Waals surface area contributed by atoms with Gasteiger partial charge in [0.2, 0.25) is 0 Å². The van der Waals surface area contributed by atoms with E-state index in [1.807, 2.05) is 12.1 Å². The number of carbonyl (C=O) groups is 1. The maximum Gasteiger partial charge on any atom is 0.283 e. The van der Waals surface area contributed by atoms with Crippen LogP contribution in [0, 0.1) is 10.1 Å². The normalized spacial score (nSPS) is 17.0. The number of pyridine rings is 1. The van der Waals surface area contributed by atoms with E-state index in [2.05, 4.69) is 4.98 Å². The topological polar surface area (TPSA) is 76.3 Å². The molecule has 1 aromatic carbocycles. The second-order valence-corrected chi connectivity index (χ2v) is 6.43. The van der Waals surface area contributed by atoms with Gasteiger partial charge in [0.05, 0.1) is 15.9 Å². The lowest BCUT2D eigenvalue weighted by Gasteiger charge is -2.25. The van der Waals surface area contributed by atoms with Gasteiger partial charge in [-0.2, -0.15) is 0 Å². The van der Waals surface area contributed by atoms with Crippen molar-refractivity contribution in [3.8, 4) is 0 Å². The van der Waals surface area contributed by atoms with Crippen molar-refractivity contribution in [2.75, 3.05) is 12.8 Å². The number of rotatable bonds is 4. The minimum atomic E-state index is -0.438. The molecule has 0 spiro atoms. The number of likely N-dealkylation sites (tertiary alicyclic amines) is 1. The fourth-order valence-electron chi connectivity index (χ4n) is 3.07. The maximum absolute atomic E-state index is 12.9. The average molecular weight is 343 g/mol. The standard InChI is InChI=1S/C17H17N3O3S/c1-24-16-5-4-13(11-15(16)20(22)23)17(21)19-10-2-3-14(19)12-6-8-18-9-7-12/h4-9,11,14H,2-3,10H2,1H3. The van der Waals surface area contributed by atoms with Crippen LogP contribution in [0.1, 0.15) is 34.8 Å². The second-order valence-electron chi connectivity index (χ2n) is 5.58. The lowest BCUT2D eigenvalue weighted by molar-refractivity contribution is -0.387. The zero-order valence-corrected chi connectivity index (χ0v) is 14.0. The number of hydrogen-bond acceptors (Lipinski definition) is 5. The predicted molar refractivity (Wildman–Crippen MR) is 92.1 cm³/mol. The van der Waals surface area contributed by atoms with Gasteiger partial charge in [0, 0.05) is 30.6 Å². The predicted octanol–water partition coefficient (Wildman–Crippen LogP) is 3.69. The number of nitrogens with zero attached hydrogens (tertiary/aromatic N) is 3. The van der Waals surface area contributed by atoms with Crippen molar-refractivity contribution in [2.45, 2.75) is 23.8 Å². The molecule has 6 nitrogen and oxygen atoms in total. The third-order valence-corrected chi connectivity index (χ3v) is 5.01. The van der Waals surface area contributed by atoms with Crippen molar-refractivity contribution in [1.82, 2.24) is 9.88 Å². The van der Waals surface area contributed by atoms with Crippen LogP contribution in [0.25, 0.3) is 0 Å². The van der Waals surface area contributed by atoms with Crippen molar-refractivity contribution >= 4 is 23.4 Å². The number of nitro benzene ring substituents is 1. The zero-order valence-electron chi connectivity index (χ0n) is 13.2. The molecule has 0 N–H and O–H groups in total. The Morgan fingerprint density at radius 1 is 1.33 bits per heavy atom. The highest BCUT2D eigenvalue weighted by Crippen LogP contribution is 2.34. The first-order valence-corrected chi connectivity index (χ1v) is 8.87. The van der Waals surface area contributed by atoms with Gasteiger partial charge >= 0.3 is 0 Å². The lowest BCUT2D eigenvalue weighted by Crippen LogP contribution is -2.30. The van der Waals surface area contributed by atoms with Gasteiger partial charge in [-0.3, -0.25) is 19.9 Å². The molecule has 7 heteroatoms. The van der Waals surface area contributed by atoms with Crippen molar-refractivity contribution in [3.63, 3.8) is 0 Å². The fraction of sp³-hybridized carbons (Fsp3) is 0.294. The lowest BCUT2D eigenvalue weighted by atomic mass is 10.1. The van der Waals surface area contributed by atoms with Crippen molar-refractivity contribution in [2.24, 2.45) is 0 Å². The Hall–Kier alpha value is -2.41. The van der Waals surface area contributed by atoms with Gasteiger partial charge in [-0.15, -0.1) is 11.8 Å². The molecule has 1 aliphatic rings. The number of aromatic nitrogens is 1. The van der Waals surface area contributed by atoms with Crippen LogP contribution in [-0.2, 0) is 0 Å². The van der Waals surface area contributed by atoms with Gasteiger partial charge in [0.15, 0.2) is 0 Å². The van der Waals surface area contributed by atoms with E-state index in [1.54, 1.807) is 35.7 Å². The molecule has 2 heterocycles. The van der Waals surface area contributed by atoms with Crippen LogP contribution in [-0.4, -0.2) is 33.5 Å². The minimum Gasteiger partial charge on any atom is -0.332 e. The highest BCUT2D eigenvalue weighted by Gasteiger charge is 2.31. The van der Waals surface area contributed by atoms with Crippen LogP contribution in [0.5, 0.6) is 0 Å². The van der Waals surface area contributed by atoms with E-state index in [1.165, 1.54) is 17.8 Å². The quantitative estimate of drug-likeness (QED) is 0.481. The van der Waals surface area contributed by atoms with E-state index in [0.717, 1.165) is 18.4 Å².